The van der Waals surface area contributed by atoms with Crippen molar-refractivity contribution in [2.45, 2.75) is 32.2 Å². The number of allylic oxidation sites excluding steroid dienone is 1. The van der Waals surface area contributed by atoms with Crippen molar-refractivity contribution in [3.63, 3.8) is 0 Å². The van der Waals surface area contributed by atoms with Crippen LogP contribution in [-0.2, 0) is 12.0 Å². The van der Waals surface area contributed by atoms with E-state index in [9.17, 15) is 4.79 Å². The average molecular weight is 204 g/mol. The van der Waals surface area contributed by atoms with Crippen molar-refractivity contribution in [1.82, 2.24) is 4.98 Å². The Morgan fingerprint density at radius 1 is 1.47 bits per heavy atom. The van der Waals surface area contributed by atoms with Crippen LogP contribution in [0.3, 0.4) is 0 Å². The summed E-state index contributed by atoms with van der Waals surface area (Å²) < 4.78 is 0. The normalized spacial score (nSPS) is 27.8. The molecule has 3 nitrogen and oxygen atoms in total. The number of aromatic amines is 1. The molecule has 2 rings (SSSR count). The van der Waals surface area contributed by atoms with E-state index >= 15 is 0 Å². The van der Waals surface area contributed by atoms with Gasteiger partial charge in [0.05, 0.1) is 5.54 Å². The Labute approximate surface area is 89.0 Å². The Morgan fingerprint density at radius 2 is 2.20 bits per heavy atom. The molecule has 0 amide bonds. The maximum Gasteiger partial charge on any atom is 0.248 e. The van der Waals surface area contributed by atoms with Crippen LogP contribution in [0.15, 0.2) is 28.6 Å². The Hall–Kier alpha value is -1.35. The van der Waals surface area contributed by atoms with Crippen molar-refractivity contribution < 1.29 is 0 Å². The van der Waals surface area contributed by atoms with Crippen LogP contribution in [0.25, 0.3) is 0 Å². The number of H-pyrrole nitrogens is 1. The third-order valence-corrected chi connectivity index (χ3v) is 3.22. The van der Waals surface area contributed by atoms with Crippen LogP contribution in [0.4, 0.5) is 0 Å². The van der Waals surface area contributed by atoms with E-state index in [2.05, 4.69) is 11.1 Å². The van der Waals surface area contributed by atoms with Gasteiger partial charge in [0.2, 0.25) is 5.56 Å². The molecule has 3 heteroatoms. The zero-order chi connectivity index (χ0) is 11.1. The lowest BCUT2D eigenvalue weighted by Crippen LogP contribution is -2.40. The Morgan fingerprint density at radius 3 is 2.87 bits per heavy atom. The molecule has 0 saturated carbocycles. The van der Waals surface area contributed by atoms with Crippen molar-refractivity contribution in [1.29, 1.82) is 0 Å². The predicted octanol–water partition coefficient (Wildman–Crippen LogP) is 1.44. The summed E-state index contributed by atoms with van der Waals surface area (Å²) in [4.78, 5) is 14.1. The first kappa shape index (κ1) is 10.2. The van der Waals surface area contributed by atoms with Crippen LogP contribution in [0.1, 0.15) is 31.5 Å². The van der Waals surface area contributed by atoms with Crippen LogP contribution >= 0.6 is 0 Å². The van der Waals surface area contributed by atoms with Gasteiger partial charge in [-0.2, -0.15) is 0 Å². The molecule has 0 saturated heterocycles. The van der Waals surface area contributed by atoms with Gasteiger partial charge < -0.3 is 10.7 Å². The van der Waals surface area contributed by atoms with Gasteiger partial charge >= 0.3 is 0 Å². The number of rotatable bonds is 0. The number of nitrogens with one attached hydrogen (secondary N) is 1. The summed E-state index contributed by atoms with van der Waals surface area (Å²) in [5.74, 6) is 0. The van der Waals surface area contributed by atoms with E-state index in [4.69, 9.17) is 5.73 Å². The monoisotopic (exact) mass is 204 g/mol. The SMILES string of the molecule is C/C=C1\CCc2[nH]c(=O)ccc2[C@]1(C)N. The van der Waals surface area contributed by atoms with Crippen LogP contribution in [0.5, 0.6) is 0 Å². The Kier molecular flexibility index (Phi) is 2.27. The minimum atomic E-state index is -0.438. The number of aromatic nitrogens is 1. The van der Waals surface area contributed by atoms with E-state index in [0.29, 0.717) is 0 Å². The quantitative estimate of drug-likeness (QED) is 0.628. The van der Waals surface area contributed by atoms with Crippen molar-refractivity contribution in [2.24, 2.45) is 5.73 Å². The minimum absolute atomic E-state index is 0.0477. The molecule has 0 spiro atoms. The largest absolute Gasteiger partial charge is 0.326 e. The molecule has 0 radical (unpaired) electrons. The van der Waals surface area contributed by atoms with Crippen molar-refractivity contribution >= 4 is 0 Å². The number of pyridine rings is 1. The molecule has 1 aliphatic carbocycles. The highest BCUT2D eigenvalue weighted by molar-refractivity contribution is 5.40. The summed E-state index contributed by atoms with van der Waals surface area (Å²) in [6.07, 6.45) is 3.88. The topological polar surface area (TPSA) is 58.9 Å². The molecule has 0 aliphatic heterocycles. The lowest BCUT2D eigenvalue weighted by molar-refractivity contribution is 0.519. The summed E-state index contributed by atoms with van der Waals surface area (Å²) >= 11 is 0. The first-order chi connectivity index (χ1) is 7.05. The molecule has 80 valence electrons. The van der Waals surface area contributed by atoms with Crippen molar-refractivity contribution in [2.75, 3.05) is 0 Å². The van der Waals surface area contributed by atoms with Crippen LogP contribution < -0.4 is 11.3 Å². The van der Waals surface area contributed by atoms with Gasteiger partial charge in [0, 0.05) is 11.8 Å². The molecular formula is C12H16N2O. The maximum atomic E-state index is 11.2. The van der Waals surface area contributed by atoms with Crippen LogP contribution in [0.2, 0.25) is 0 Å². The second-order valence-electron chi connectivity index (χ2n) is 4.23. The summed E-state index contributed by atoms with van der Waals surface area (Å²) in [6, 6.07) is 3.39. The molecule has 15 heavy (non-hydrogen) atoms. The third kappa shape index (κ3) is 1.53. The number of hydrogen-bond acceptors (Lipinski definition) is 2. The fourth-order valence-electron chi connectivity index (χ4n) is 2.34. The second-order valence-corrected chi connectivity index (χ2v) is 4.23. The standard InChI is InChI=1S/C12H16N2O/c1-3-8-4-6-10-9(12(8,2)13)5-7-11(15)14-10/h3,5,7H,4,6,13H2,1-2H3,(H,14,15)/b8-3+/t12-/m1/s1. The average Bonchev–Trinajstić information content (AvgIpc) is 2.17. The van der Waals surface area contributed by atoms with Gasteiger partial charge in [0.1, 0.15) is 0 Å². The molecule has 3 N–H and O–H groups in total. The third-order valence-electron chi connectivity index (χ3n) is 3.22. The summed E-state index contributed by atoms with van der Waals surface area (Å²) in [6.45, 7) is 4.01. The lowest BCUT2D eigenvalue weighted by Gasteiger charge is -2.34. The molecule has 1 aromatic heterocycles. The molecule has 0 fully saturated rings. The van der Waals surface area contributed by atoms with E-state index in [-0.39, 0.29) is 5.56 Å². The zero-order valence-electron chi connectivity index (χ0n) is 9.13. The van der Waals surface area contributed by atoms with E-state index in [1.54, 1.807) is 6.07 Å². The molecule has 0 aromatic carbocycles. The van der Waals surface area contributed by atoms with Crippen molar-refractivity contribution in [3.05, 3.63) is 45.4 Å². The highest BCUT2D eigenvalue weighted by Crippen LogP contribution is 2.35. The molecular weight excluding hydrogens is 188 g/mol. The first-order valence-electron chi connectivity index (χ1n) is 5.23. The van der Waals surface area contributed by atoms with Gasteiger partial charge in [0.25, 0.3) is 0 Å². The van der Waals surface area contributed by atoms with Gasteiger partial charge in [-0.1, -0.05) is 11.6 Å². The molecule has 0 bridgehead atoms. The van der Waals surface area contributed by atoms with Crippen LogP contribution in [-0.4, -0.2) is 4.98 Å². The van der Waals surface area contributed by atoms with Gasteiger partial charge in [-0.3, -0.25) is 4.79 Å². The summed E-state index contributed by atoms with van der Waals surface area (Å²) in [7, 11) is 0. The molecule has 1 heterocycles. The fraction of sp³-hybridized carbons (Fsp3) is 0.417. The molecule has 1 atom stereocenters. The van der Waals surface area contributed by atoms with E-state index in [1.165, 1.54) is 5.57 Å². The van der Waals surface area contributed by atoms with Crippen LogP contribution in [0, 0.1) is 0 Å². The number of nitrogens with two attached hydrogens (primary N) is 1. The summed E-state index contributed by atoms with van der Waals surface area (Å²) in [5, 5.41) is 0. The smallest absolute Gasteiger partial charge is 0.248 e. The van der Waals surface area contributed by atoms with E-state index in [0.717, 1.165) is 24.1 Å². The maximum absolute atomic E-state index is 11.2. The zero-order valence-corrected chi connectivity index (χ0v) is 9.13. The predicted molar refractivity (Wildman–Crippen MR) is 60.7 cm³/mol. The first-order valence-corrected chi connectivity index (χ1v) is 5.23. The Balaban J connectivity index is 2.62. The van der Waals surface area contributed by atoms with Gasteiger partial charge in [-0.15, -0.1) is 0 Å². The van der Waals surface area contributed by atoms with Gasteiger partial charge in [-0.25, -0.2) is 0 Å². The second kappa shape index (κ2) is 3.35. The Bertz CT molecular complexity index is 469. The van der Waals surface area contributed by atoms with Gasteiger partial charge in [0.15, 0.2) is 0 Å². The highest BCUT2D eigenvalue weighted by atomic mass is 16.1. The highest BCUT2D eigenvalue weighted by Gasteiger charge is 2.32. The van der Waals surface area contributed by atoms with E-state index < -0.39 is 5.54 Å². The molecule has 0 unspecified atom stereocenters. The van der Waals surface area contributed by atoms with Crippen molar-refractivity contribution in [3.8, 4) is 0 Å². The minimum Gasteiger partial charge on any atom is -0.326 e. The van der Waals surface area contributed by atoms with Gasteiger partial charge in [-0.05, 0) is 38.3 Å². The van der Waals surface area contributed by atoms with E-state index in [1.807, 2.05) is 19.9 Å². The number of hydrogen-bond donors (Lipinski definition) is 2. The fourth-order valence-corrected chi connectivity index (χ4v) is 2.34. The molecule has 1 aliphatic rings. The number of fused-ring (bicyclic) bond motifs is 1. The molecule has 1 aromatic rings. The number of aryl methyl sites for hydroxylation is 1. The summed E-state index contributed by atoms with van der Waals surface area (Å²) in [5.41, 5.74) is 9.08. The lowest BCUT2D eigenvalue weighted by atomic mass is 9.76.